The van der Waals surface area contributed by atoms with Crippen molar-refractivity contribution in [3.8, 4) is 17.2 Å². The van der Waals surface area contributed by atoms with Gasteiger partial charge in [0.25, 0.3) is 0 Å². The molecule has 214 valence electrons. The number of likely N-dealkylation sites (tertiary alicyclic amines) is 1. The summed E-state index contributed by atoms with van der Waals surface area (Å²) in [4.78, 5) is 17.2. The number of piperidine rings is 1. The van der Waals surface area contributed by atoms with E-state index in [-0.39, 0.29) is 11.1 Å². The molecule has 9 heteroatoms. The largest absolute Gasteiger partial charge is 0.417 e. The van der Waals surface area contributed by atoms with Crippen LogP contribution in [0.25, 0.3) is 11.1 Å². The first-order valence-electron chi connectivity index (χ1n) is 13.8. The van der Waals surface area contributed by atoms with Gasteiger partial charge >= 0.3 is 12.2 Å². The predicted octanol–water partition coefficient (Wildman–Crippen LogP) is 7.80. The first kappa shape index (κ1) is 29.0. The zero-order valence-corrected chi connectivity index (χ0v) is 23.6. The van der Waals surface area contributed by atoms with Gasteiger partial charge in [-0.3, -0.25) is 0 Å². The Hall–Kier alpha value is -3.54. The standard InChI is InChI=1S/C32H32ClF3N4O/c1-39(30(41)38-27-11-12-29(33)28(18-27)32(34,35)36)21-31(13-15-40(16-14-31)20-22-5-6-22)26-9-7-24(8-10-26)25-4-2-3-23(17-25)19-37/h2-4,7-12,17-18,22H,5-6,13-16,20-21H2,1H3,(H,38,41). The van der Waals surface area contributed by atoms with Crippen molar-refractivity contribution in [3.63, 3.8) is 0 Å². The predicted molar refractivity (Wildman–Crippen MR) is 155 cm³/mol. The van der Waals surface area contributed by atoms with E-state index in [9.17, 15) is 23.2 Å². The van der Waals surface area contributed by atoms with Crippen molar-refractivity contribution in [2.75, 3.05) is 38.5 Å². The highest BCUT2D eigenvalue weighted by Crippen LogP contribution is 2.40. The number of likely N-dealkylation sites (N-methyl/N-ethyl adjacent to an activating group) is 1. The molecule has 2 aliphatic rings. The summed E-state index contributed by atoms with van der Waals surface area (Å²) in [7, 11) is 1.68. The normalized spacial score (nSPS) is 17.1. The van der Waals surface area contributed by atoms with E-state index in [0.717, 1.165) is 67.2 Å². The highest BCUT2D eigenvalue weighted by atomic mass is 35.5. The summed E-state index contributed by atoms with van der Waals surface area (Å²) in [6.45, 7) is 3.37. The van der Waals surface area contributed by atoms with Crippen LogP contribution in [-0.2, 0) is 11.6 Å². The van der Waals surface area contributed by atoms with Gasteiger partial charge in [-0.2, -0.15) is 18.4 Å². The van der Waals surface area contributed by atoms with Crippen molar-refractivity contribution in [2.24, 2.45) is 5.92 Å². The number of nitrogens with zero attached hydrogens (tertiary/aromatic N) is 3. The molecule has 41 heavy (non-hydrogen) atoms. The first-order chi connectivity index (χ1) is 19.6. The van der Waals surface area contributed by atoms with Crippen LogP contribution in [-0.4, -0.2) is 49.1 Å². The van der Waals surface area contributed by atoms with E-state index >= 15 is 0 Å². The third-order valence-corrected chi connectivity index (χ3v) is 8.59. The van der Waals surface area contributed by atoms with Crippen molar-refractivity contribution < 1.29 is 18.0 Å². The number of nitriles is 1. The Morgan fingerprint density at radius 3 is 2.41 bits per heavy atom. The van der Waals surface area contributed by atoms with Crippen LogP contribution in [0.3, 0.4) is 0 Å². The van der Waals surface area contributed by atoms with Gasteiger partial charge in [0.1, 0.15) is 0 Å². The molecule has 1 aliphatic carbocycles. The number of hydrogen-bond donors (Lipinski definition) is 1. The molecule has 5 nitrogen and oxygen atoms in total. The molecule has 2 amide bonds. The Bertz CT molecular complexity index is 1440. The lowest BCUT2D eigenvalue weighted by Gasteiger charge is -2.44. The average molecular weight is 581 g/mol. The van der Waals surface area contributed by atoms with E-state index in [2.05, 4.69) is 40.6 Å². The van der Waals surface area contributed by atoms with Crippen molar-refractivity contribution >= 4 is 23.3 Å². The van der Waals surface area contributed by atoms with Crippen molar-refractivity contribution in [2.45, 2.75) is 37.3 Å². The molecule has 2 fully saturated rings. The Morgan fingerprint density at radius 1 is 1.07 bits per heavy atom. The number of alkyl halides is 3. The lowest BCUT2D eigenvalue weighted by Crippen LogP contribution is -2.50. The molecule has 0 atom stereocenters. The quantitative estimate of drug-likeness (QED) is 0.310. The maximum Gasteiger partial charge on any atom is 0.417 e. The van der Waals surface area contributed by atoms with Crippen LogP contribution in [0.5, 0.6) is 0 Å². The molecule has 3 aromatic carbocycles. The van der Waals surface area contributed by atoms with E-state index in [1.807, 2.05) is 18.2 Å². The molecule has 0 unspecified atom stereocenters. The molecule has 1 N–H and O–H groups in total. The SMILES string of the molecule is CN(CC1(c2ccc(-c3cccc(C#N)c3)cc2)CCN(CC2CC2)CC1)C(=O)Nc1ccc(Cl)c(C(F)(F)F)c1. The van der Waals surface area contributed by atoms with Crippen LogP contribution in [0.15, 0.2) is 66.7 Å². The number of halogens is 4. The Balaban J connectivity index is 1.36. The third-order valence-electron chi connectivity index (χ3n) is 8.26. The average Bonchev–Trinajstić information content (AvgIpc) is 3.79. The summed E-state index contributed by atoms with van der Waals surface area (Å²) in [6.07, 6.45) is -0.316. The number of hydrogen-bond acceptors (Lipinski definition) is 3. The fourth-order valence-corrected chi connectivity index (χ4v) is 5.94. The molecular weight excluding hydrogens is 549 g/mol. The Morgan fingerprint density at radius 2 is 1.78 bits per heavy atom. The molecule has 1 saturated heterocycles. The van der Waals surface area contributed by atoms with Gasteiger partial charge in [0.2, 0.25) is 0 Å². The molecule has 0 spiro atoms. The summed E-state index contributed by atoms with van der Waals surface area (Å²) in [5.74, 6) is 0.792. The number of carbonyl (C=O) groups excluding carboxylic acids is 1. The summed E-state index contributed by atoms with van der Waals surface area (Å²) >= 11 is 5.75. The molecular formula is C32H32ClF3N4O. The van der Waals surface area contributed by atoms with Crippen LogP contribution in [0.2, 0.25) is 5.02 Å². The molecule has 1 heterocycles. The summed E-state index contributed by atoms with van der Waals surface area (Å²) in [6, 6.07) is 20.9. The number of rotatable bonds is 7. The van der Waals surface area contributed by atoms with Gasteiger partial charge in [0.05, 0.1) is 22.2 Å². The van der Waals surface area contributed by atoms with E-state index < -0.39 is 22.8 Å². The molecule has 0 aromatic heterocycles. The summed E-state index contributed by atoms with van der Waals surface area (Å²) in [5, 5.41) is 11.5. The zero-order valence-electron chi connectivity index (χ0n) is 22.8. The molecule has 3 aromatic rings. The minimum atomic E-state index is -4.62. The van der Waals surface area contributed by atoms with Gasteiger partial charge in [-0.15, -0.1) is 0 Å². The van der Waals surface area contributed by atoms with Crippen LogP contribution in [0, 0.1) is 17.2 Å². The fourth-order valence-electron chi connectivity index (χ4n) is 5.72. The Labute approximate surface area is 243 Å². The second-order valence-corrected chi connectivity index (χ2v) is 11.7. The molecule has 1 saturated carbocycles. The maximum atomic E-state index is 13.3. The second kappa shape index (κ2) is 11.8. The molecule has 1 aliphatic heterocycles. The van der Waals surface area contributed by atoms with Crippen LogP contribution in [0.4, 0.5) is 23.7 Å². The number of nitrogens with one attached hydrogen (secondary N) is 1. The third kappa shape index (κ3) is 6.86. The van der Waals surface area contributed by atoms with Crippen LogP contribution in [0.1, 0.15) is 42.4 Å². The van der Waals surface area contributed by atoms with Gasteiger partial charge < -0.3 is 15.1 Å². The summed E-state index contributed by atoms with van der Waals surface area (Å²) in [5.41, 5.74) is 2.42. The highest BCUT2D eigenvalue weighted by molar-refractivity contribution is 6.31. The minimum absolute atomic E-state index is 0.0378. The van der Waals surface area contributed by atoms with Gasteiger partial charge in [-0.1, -0.05) is 48.0 Å². The number of anilines is 1. The molecule has 0 bridgehead atoms. The Kier molecular flexibility index (Phi) is 8.30. The maximum absolute atomic E-state index is 13.3. The number of benzene rings is 3. The number of urea groups is 1. The fraction of sp³-hybridized carbons (Fsp3) is 0.375. The van der Waals surface area contributed by atoms with Crippen molar-refractivity contribution in [3.05, 3.63) is 88.4 Å². The summed E-state index contributed by atoms with van der Waals surface area (Å²) < 4.78 is 40.0. The van der Waals surface area contributed by atoms with Gasteiger partial charge in [-0.25, -0.2) is 4.79 Å². The zero-order chi connectivity index (χ0) is 29.2. The van der Waals surface area contributed by atoms with Gasteiger partial charge in [-0.05, 0) is 91.7 Å². The van der Waals surface area contributed by atoms with Crippen LogP contribution < -0.4 is 5.32 Å². The molecule has 5 rings (SSSR count). The number of carbonyl (C=O) groups is 1. The van der Waals surface area contributed by atoms with Crippen molar-refractivity contribution in [1.29, 1.82) is 5.26 Å². The van der Waals surface area contributed by atoms with Gasteiger partial charge in [0, 0.05) is 31.2 Å². The second-order valence-electron chi connectivity index (χ2n) is 11.3. The molecule has 0 radical (unpaired) electrons. The smallest absolute Gasteiger partial charge is 0.327 e. The minimum Gasteiger partial charge on any atom is -0.327 e. The van der Waals surface area contributed by atoms with E-state index in [1.165, 1.54) is 18.9 Å². The van der Waals surface area contributed by atoms with E-state index in [1.54, 1.807) is 18.0 Å². The van der Waals surface area contributed by atoms with Crippen molar-refractivity contribution in [1.82, 2.24) is 9.80 Å². The monoisotopic (exact) mass is 580 g/mol. The van der Waals surface area contributed by atoms with Gasteiger partial charge in [0.15, 0.2) is 0 Å². The lowest BCUT2D eigenvalue weighted by atomic mass is 9.72. The topological polar surface area (TPSA) is 59.4 Å². The van der Waals surface area contributed by atoms with Crippen LogP contribution >= 0.6 is 11.6 Å². The van der Waals surface area contributed by atoms with E-state index in [0.29, 0.717) is 12.1 Å². The van der Waals surface area contributed by atoms with E-state index in [4.69, 9.17) is 11.6 Å². The first-order valence-corrected chi connectivity index (χ1v) is 14.2. The highest BCUT2D eigenvalue weighted by Gasteiger charge is 2.39. The lowest BCUT2D eigenvalue weighted by molar-refractivity contribution is -0.137. The number of amides is 2.